The molecule has 1 saturated heterocycles. The molecule has 0 radical (unpaired) electrons. The van der Waals surface area contributed by atoms with Gasteiger partial charge in [-0.3, -0.25) is 4.99 Å². The number of guanidine groups is 1. The van der Waals surface area contributed by atoms with Gasteiger partial charge < -0.3 is 19.4 Å². The predicted octanol–water partition coefficient (Wildman–Crippen LogP) is 3.54. The van der Waals surface area contributed by atoms with Crippen molar-refractivity contribution in [3.63, 3.8) is 0 Å². The fraction of sp³-hybridized carbons (Fsp3) is 0.500. The molecule has 0 saturated carbocycles. The molecule has 1 aliphatic rings. The van der Waals surface area contributed by atoms with Crippen molar-refractivity contribution in [3.8, 4) is 0 Å². The topological polar surface area (TPSA) is 50.0 Å². The van der Waals surface area contributed by atoms with Gasteiger partial charge in [0.15, 0.2) is 5.96 Å². The number of nitrogens with zero attached hydrogens (tertiary/aromatic N) is 2. The maximum Gasteiger partial charge on any atom is 0.194 e. The number of rotatable bonds is 4. The Morgan fingerprint density at radius 2 is 2.28 bits per heavy atom. The van der Waals surface area contributed by atoms with Crippen LogP contribution in [0.2, 0.25) is 0 Å². The second-order valence-electron chi connectivity index (χ2n) is 6.25. The summed E-state index contributed by atoms with van der Waals surface area (Å²) in [5, 5.41) is 4.18. The summed E-state index contributed by atoms with van der Waals surface area (Å²) in [5.41, 5.74) is 1.67. The minimum absolute atomic E-state index is 0. The van der Waals surface area contributed by atoms with E-state index in [4.69, 9.17) is 9.15 Å². The second-order valence-corrected chi connectivity index (χ2v) is 6.25. The molecule has 1 atom stereocenters. The zero-order chi connectivity index (χ0) is 17.1. The van der Waals surface area contributed by atoms with Crippen molar-refractivity contribution in [2.75, 3.05) is 33.9 Å². The number of methoxy groups -OCH3 is 1. The van der Waals surface area contributed by atoms with Crippen molar-refractivity contribution < 1.29 is 13.5 Å². The zero-order valence-electron chi connectivity index (χ0n) is 14.8. The molecule has 1 aromatic heterocycles. The van der Waals surface area contributed by atoms with Crippen LogP contribution in [0.4, 0.5) is 4.39 Å². The molecule has 1 aromatic carbocycles. The molecular weight excluding hydrogens is 436 g/mol. The van der Waals surface area contributed by atoms with E-state index in [-0.39, 0.29) is 29.8 Å². The number of halogens is 2. The molecule has 0 amide bonds. The Morgan fingerprint density at radius 3 is 3.00 bits per heavy atom. The summed E-state index contributed by atoms with van der Waals surface area (Å²) in [6, 6.07) is 4.61. The van der Waals surface area contributed by atoms with Gasteiger partial charge >= 0.3 is 0 Å². The van der Waals surface area contributed by atoms with Crippen LogP contribution in [0.1, 0.15) is 17.7 Å². The molecule has 5 nitrogen and oxygen atoms in total. The molecule has 1 N–H and O–H groups in total. The lowest BCUT2D eigenvalue weighted by Crippen LogP contribution is -2.39. The van der Waals surface area contributed by atoms with Crippen LogP contribution in [0.25, 0.3) is 11.0 Å². The molecule has 0 bridgehead atoms. The minimum atomic E-state index is -0.247. The first-order valence-electron chi connectivity index (χ1n) is 8.24. The Morgan fingerprint density at radius 1 is 1.48 bits per heavy atom. The van der Waals surface area contributed by atoms with Gasteiger partial charge in [-0.2, -0.15) is 0 Å². The first kappa shape index (κ1) is 20.0. The smallest absolute Gasteiger partial charge is 0.194 e. The molecular formula is C18H25FIN3O2. The average molecular weight is 461 g/mol. The number of benzene rings is 1. The standard InChI is InChI=1S/C18H24FN3O2.HI/c1-12-15-8-14(19)4-5-16(15)24-17(12)9-21-18(20-2)22-7-6-13(10-22)11-23-3;/h4-5,8,13H,6-7,9-11H2,1-3H3,(H,20,21);1H. The first-order valence-corrected chi connectivity index (χ1v) is 8.24. The number of likely N-dealkylation sites (tertiary alicyclic amines) is 1. The van der Waals surface area contributed by atoms with Crippen molar-refractivity contribution in [1.29, 1.82) is 0 Å². The van der Waals surface area contributed by atoms with E-state index in [1.54, 1.807) is 20.2 Å². The number of ether oxygens (including phenoxy) is 1. The van der Waals surface area contributed by atoms with Crippen LogP contribution in [0, 0.1) is 18.7 Å². The lowest BCUT2D eigenvalue weighted by atomic mass is 10.1. The molecule has 1 unspecified atom stereocenters. The van der Waals surface area contributed by atoms with Gasteiger partial charge in [0.1, 0.15) is 17.2 Å². The molecule has 0 spiro atoms. The van der Waals surface area contributed by atoms with Crippen LogP contribution in [-0.2, 0) is 11.3 Å². The normalized spacial score (nSPS) is 17.8. The van der Waals surface area contributed by atoms with E-state index in [9.17, 15) is 4.39 Å². The molecule has 1 fully saturated rings. The molecule has 2 aromatic rings. The summed E-state index contributed by atoms with van der Waals surface area (Å²) in [7, 11) is 3.52. The molecule has 2 heterocycles. The molecule has 0 aliphatic carbocycles. The fourth-order valence-corrected chi connectivity index (χ4v) is 3.30. The summed E-state index contributed by atoms with van der Waals surface area (Å²) in [5.74, 6) is 1.97. The summed E-state index contributed by atoms with van der Waals surface area (Å²) >= 11 is 0. The third-order valence-corrected chi connectivity index (χ3v) is 4.60. The molecule has 3 rings (SSSR count). The highest BCUT2D eigenvalue weighted by Gasteiger charge is 2.25. The highest BCUT2D eigenvalue weighted by molar-refractivity contribution is 14.0. The molecule has 138 valence electrons. The van der Waals surface area contributed by atoms with E-state index in [1.165, 1.54) is 12.1 Å². The summed E-state index contributed by atoms with van der Waals surface area (Å²) in [6.07, 6.45) is 1.11. The van der Waals surface area contributed by atoms with E-state index < -0.39 is 0 Å². The third-order valence-electron chi connectivity index (χ3n) is 4.60. The van der Waals surface area contributed by atoms with Gasteiger partial charge in [-0.25, -0.2) is 4.39 Å². The van der Waals surface area contributed by atoms with Gasteiger partial charge in [0.05, 0.1) is 13.2 Å². The maximum atomic E-state index is 13.4. The Labute approximate surface area is 164 Å². The summed E-state index contributed by atoms with van der Waals surface area (Å²) in [4.78, 5) is 6.60. The number of aliphatic imine (C=N–C) groups is 1. The highest BCUT2D eigenvalue weighted by Crippen LogP contribution is 2.26. The van der Waals surface area contributed by atoms with Gasteiger partial charge in [-0.05, 0) is 31.5 Å². The monoisotopic (exact) mass is 461 g/mol. The lowest BCUT2D eigenvalue weighted by molar-refractivity contribution is 0.157. The third kappa shape index (κ3) is 4.44. The molecule has 1 aliphatic heterocycles. The highest BCUT2D eigenvalue weighted by atomic mass is 127. The average Bonchev–Trinajstić information content (AvgIpc) is 3.15. The largest absolute Gasteiger partial charge is 0.459 e. The number of aryl methyl sites for hydroxylation is 1. The van der Waals surface area contributed by atoms with E-state index in [2.05, 4.69) is 15.2 Å². The maximum absolute atomic E-state index is 13.4. The minimum Gasteiger partial charge on any atom is -0.459 e. The van der Waals surface area contributed by atoms with Crippen molar-refractivity contribution in [3.05, 3.63) is 35.3 Å². The molecule has 25 heavy (non-hydrogen) atoms. The van der Waals surface area contributed by atoms with Crippen LogP contribution in [0.3, 0.4) is 0 Å². The van der Waals surface area contributed by atoms with Crippen molar-refractivity contribution in [1.82, 2.24) is 10.2 Å². The van der Waals surface area contributed by atoms with Crippen LogP contribution in [0.5, 0.6) is 0 Å². The van der Waals surface area contributed by atoms with Crippen LogP contribution >= 0.6 is 24.0 Å². The Bertz CT molecular complexity index is 747. The zero-order valence-corrected chi connectivity index (χ0v) is 17.2. The Hall–Kier alpha value is -1.35. The van der Waals surface area contributed by atoms with Gasteiger partial charge in [0.25, 0.3) is 0 Å². The predicted molar refractivity (Wildman–Crippen MR) is 108 cm³/mol. The number of hydrogen-bond donors (Lipinski definition) is 1. The second kappa shape index (κ2) is 8.84. The first-order chi connectivity index (χ1) is 11.6. The number of nitrogens with one attached hydrogen (secondary N) is 1. The van der Waals surface area contributed by atoms with Crippen molar-refractivity contribution >= 4 is 40.9 Å². The van der Waals surface area contributed by atoms with Crippen molar-refractivity contribution in [2.45, 2.75) is 19.9 Å². The van der Waals surface area contributed by atoms with Gasteiger partial charge in [-0.15, -0.1) is 24.0 Å². The summed E-state index contributed by atoms with van der Waals surface area (Å²) in [6.45, 7) is 5.17. The summed E-state index contributed by atoms with van der Waals surface area (Å²) < 4.78 is 24.5. The number of fused-ring (bicyclic) bond motifs is 1. The van der Waals surface area contributed by atoms with Crippen molar-refractivity contribution in [2.24, 2.45) is 10.9 Å². The van der Waals surface area contributed by atoms with E-state index >= 15 is 0 Å². The van der Waals surface area contributed by atoms with Crippen LogP contribution in [0.15, 0.2) is 27.6 Å². The lowest BCUT2D eigenvalue weighted by Gasteiger charge is -2.21. The van der Waals surface area contributed by atoms with Crippen LogP contribution in [-0.4, -0.2) is 44.7 Å². The van der Waals surface area contributed by atoms with Gasteiger partial charge in [-0.1, -0.05) is 0 Å². The van der Waals surface area contributed by atoms with Crippen LogP contribution < -0.4 is 5.32 Å². The van der Waals surface area contributed by atoms with Gasteiger partial charge in [0.2, 0.25) is 0 Å². The number of hydrogen-bond acceptors (Lipinski definition) is 3. The molecule has 7 heteroatoms. The quantitative estimate of drug-likeness (QED) is 0.430. The van der Waals surface area contributed by atoms with Gasteiger partial charge in [0, 0.05) is 44.1 Å². The number of furan rings is 1. The Balaban J connectivity index is 0.00000225. The van der Waals surface area contributed by atoms with E-state index in [1.807, 2.05) is 6.92 Å². The SMILES string of the molecule is CN=C(NCc1oc2ccc(F)cc2c1C)N1CCC(COC)C1.I. The fourth-order valence-electron chi connectivity index (χ4n) is 3.30. The van der Waals surface area contributed by atoms with E-state index in [0.29, 0.717) is 18.0 Å². The Kier molecular flexibility index (Phi) is 7.06. The van der Waals surface area contributed by atoms with E-state index in [0.717, 1.165) is 48.8 Å².